The van der Waals surface area contributed by atoms with Crippen LogP contribution in [0, 0.1) is 23.2 Å². The summed E-state index contributed by atoms with van der Waals surface area (Å²) in [5, 5.41) is 52.8. The number of aryl methyl sites for hydroxylation is 1. The molecule has 2 saturated carbocycles. The molecule has 0 radical (unpaired) electrons. The lowest BCUT2D eigenvalue weighted by Gasteiger charge is -2.57. The van der Waals surface area contributed by atoms with Crippen molar-refractivity contribution in [3.8, 4) is 0 Å². The van der Waals surface area contributed by atoms with Gasteiger partial charge >= 0.3 is 0 Å². The average Bonchev–Trinajstić information content (AvgIpc) is 3.56. The molecular weight excluding hydrogens is 709 g/mol. The van der Waals surface area contributed by atoms with Crippen molar-refractivity contribution in [1.29, 1.82) is 0 Å². The Hall–Kier alpha value is -3.43. The molecule has 3 aliphatic rings. The first-order chi connectivity index (χ1) is 27.5. The fraction of sp³-hybridized carbons (Fsp3) is 0.540. The van der Waals surface area contributed by atoms with Crippen LogP contribution in [0.5, 0.6) is 0 Å². The quantitative estimate of drug-likeness (QED) is 0.0474. The van der Waals surface area contributed by atoms with Crippen molar-refractivity contribution in [2.45, 2.75) is 115 Å². The molecule has 57 heavy (non-hydrogen) atoms. The number of fused-ring (bicyclic) bond motifs is 2. The monoisotopic (exact) mass is 779 g/mol. The van der Waals surface area contributed by atoms with Gasteiger partial charge in [-0.15, -0.1) is 0 Å². The number of benzene rings is 2. The lowest BCUT2D eigenvalue weighted by molar-refractivity contribution is -0.180. The van der Waals surface area contributed by atoms with E-state index in [0.717, 1.165) is 55.2 Å². The molecule has 0 aromatic heterocycles. The Morgan fingerprint density at radius 3 is 2.58 bits per heavy atom. The zero-order chi connectivity index (χ0) is 41.0. The number of carbonyl (C=O) groups is 1. The topological polar surface area (TPSA) is 122 Å². The molecule has 1 heterocycles. The molecule has 7 heteroatoms. The van der Waals surface area contributed by atoms with Crippen LogP contribution >= 0.6 is 0 Å². The fourth-order valence-corrected chi connectivity index (χ4v) is 10.6. The van der Waals surface area contributed by atoms with Gasteiger partial charge in [0.25, 0.3) is 0 Å². The van der Waals surface area contributed by atoms with Crippen LogP contribution in [0.1, 0.15) is 101 Å². The highest BCUT2D eigenvalue weighted by atomic mass is 16.3. The van der Waals surface area contributed by atoms with E-state index < -0.39 is 17.1 Å². The summed E-state index contributed by atoms with van der Waals surface area (Å²) in [5.74, 6) is -0.254. The van der Waals surface area contributed by atoms with Crippen molar-refractivity contribution in [2.24, 2.45) is 23.2 Å². The van der Waals surface area contributed by atoms with Crippen molar-refractivity contribution in [2.75, 3.05) is 33.4 Å². The number of rotatable bonds is 15. The lowest BCUT2D eigenvalue weighted by atomic mass is 9.51. The van der Waals surface area contributed by atoms with Crippen LogP contribution < -0.4 is 10.6 Å². The molecule has 7 nitrogen and oxygen atoms in total. The minimum absolute atomic E-state index is 0.00403. The molecule has 2 fully saturated rings. The molecular formula is C50H70N2O5. The molecule has 2 aliphatic carbocycles. The number of aliphatic hydroxyl groups is 4. The fourth-order valence-electron chi connectivity index (χ4n) is 10.6. The van der Waals surface area contributed by atoms with Crippen molar-refractivity contribution in [1.82, 2.24) is 10.6 Å². The van der Waals surface area contributed by atoms with Gasteiger partial charge in [0, 0.05) is 30.5 Å². The summed E-state index contributed by atoms with van der Waals surface area (Å²) in [7, 11) is 1.87. The minimum Gasteiger partial charge on any atom is -0.396 e. The summed E-state index contributed by atoms with van der Waals surface area (Å²) in [5.41, 5.74) is 6.59. The Kier molecular flexibility index (Phi) is 16.5. The third-order valence-corrected chi connectivity index (χ3v) is 13.8. The highest BCUT2D eigenvalue weighted by Crippen LogP contribution is 2.64. The molecule has 0 amide bonds. The minimum atomic E-state index is -1.18. The van der Waals surface area contributed by atoms with Crippen LogP contribution in [-0.2, 0) is 17.6 Å². The maximum atomic E-state index is 12.6. The largest absolute Gasteiger partial charge is 0.396 e. The highest BCUT2D eigenvalue weighted by molar-refractivity contribution is 5.74. The number of aliphatic hydroxyl groups excluding tert-OH is 3. The van der Waals surface area contributed by atoms with Gasteiger partial charge in [-0.1, -0.05) is 102 Å². The van der Waals surface area contributed by atoms with Crippen molar-refractivity contribution >= 4 is 6.29 Å². The second-order valence-corrected chi connectivity index (χ2v) is 17.3. The van der Waals surface area contributed by atoms with E-state index >= 15 is 0 Å². The van der Waals surface area contributed by atoms with Crippen LogP contribution in [0.4, 0.5) is 0 Å². The predicted octanol–water partition coefficient (Wildman–Crippen LogP) is 7.72. The summed E-state index contributed by atoms with van der Waals surface area (Å²) in [4.78, 5) is 12.1. The molecule has 1 aliphatic heterocycles. The van der Waals surface area contributed by atoms with Crippen LogP contribution in [0.2, 0.25) is 0 Å². The first-order valence-corrected chi connectivity index (χ1v) is 21.5. The number of carbonyl (C=O) groups excluding carboxylic acids is 1. The molecule has 5 rings (SSSR count). The van der Waals surface area contributed by atoms with Crippen LogP contribution in [0.25, 0.3) is 0 Å². The summed E-state index contributed by atoms with van der Waals surface area (Å²) in [6, 6.07) is 20.2. The van der Waals surface area contributed by atoms with Gasteiger partial charge in [0.15, 0.2) is 0 Å². The molecule has 310 valence electrons. The summed E-state index contributed by atoms with van der Waals surface area (Å²) in [6.45, 7) is 12.2. The zero-order valence-electron chi connectivity index (χ0n) is 35.1. The van der Waals surface area contributed by atoms with E-state index in [0.29, 0.717) is 63.1 Å². The van der Waals surface area contributed by atoms with Gasteiger partial charge in [0.05, 0.1) is 18.3 Å². The smallest absolute Gasteiger partial charge is 0.145 e. The standard InChI is InChI=1S/C50H70N2O5/c1-35-19-21-43(45(22-20-39-13-7-6-8-14-39)41-16-10-15-40(31-41)30-38(4)52-32-35)36(2)12-9-17-42(34-55)46-24-26-50(48(46)56)47(18-11-29-53)44(37(3)33-54)23-25-49(50,57)27-28-51-5/h6-10,12-17,19,31,33,38,43,45-48,51-53,55-57H,2,11,18,20-30,32,34H2,1,3-5H3/b12-9+,35-19+,42-17-,44-37-/t38-,43-,45-,46+,47+,48-,49+,50-/m1/s1. The zero-order valence-corrected chi connectivity index (χ0v) is 35.1. The van der Waals surface area contributed by atoms with Crippen LogP contribution in [0.3, 0.4) is 0 Å². The Morgan fingerprint density at radius 1 is 1.07 bits per heavy atom. The molecule has 1 spiro atoms. The van der Waals surface area contributed by atoms with Gasteiger partial charge in [-0.25, -0.2) is 0 Å². The second kappa shape index (κ2) is 21.0. The normalized spacial score (nSPS) is 31.7. The number of hydrogen-bond acceptors (Lipinski definition) is 7. The molecule has 2 aromatic carbocycles. The van der Waals surface area contributed by atoms with E-state index in [4.69, 9.17) is 0 Å². The first kappa shape index (κ1) is 44.7. The Morgan fingerprint density at radius 2 is 1.86 bits per heavy atom. The van der Waals surface area contributed by atoms with E-state index in [-0.39, 0.29) is 36.9 Å². The third-order valence-electron chi connectivity index (χ3n) is 13.8. The van der Waals surface area contributed by atoms with Crippen LogP contribution in [0.15, 0.2) is 113 Å². The SMILES string of the molecule is C=C(/C=C/C=C(/CO)[C@@H]1CC[C@]2([C@@H]1O)[C@@H](CCCO)/C(=C(/C)C=O)CC[C@]2(O)CCNC)[C@H]1C/C=C(\C)CN[C@H](C)Cc2cccc(c2)[C@H]1CCc1ccccc1. The van der Waals surface area contributed by atoms with Gasteiger partial charge in [-0.05, 0) is 151 Å². The molecule has 0 saturated heterocycles. The van der Waals surface area contributed by atoms with Crippen molar-refractivity contribution in [3.63, 3.8) is 0 Å². The summed E-state index contributed by atoms with van der Waals surface area (Å²) < 4.78 is 0. The first-order valence-electron chi connectivity index (χ1n) is 21.5. The summed E-state index contributed by atoms with van der Waals surface area (Å²) in [6.07, 6.45) is 15.8. The summed E-state index contributed by atoms with van der Waals surface area (Å²) >= 11 is 0. The maximum Gasteiger partial charge on any atom is 0.145 e. The number of allylic oxidation sites excluding steroid dienone is 7. The third kappa shape index (κ3) is 10.4. The molecule has 2 bridgehead atoms. The number of aldehydes is 1. The van der Waals surface area contributed by atoms with Gasteiger partial charge in [-0.2, -0.15) is 0 Å². The number of hydrogen-bond donors (Lipinski definition) is 6. The Balaban J connectivity index is 1.48. The van der Waals surface area contributed by atoms with E-state index in [9.17, 15) is 25.2 Å². The van der Waals surface area contributed by atoms with Gasteiger partial charge in [0.1, 0.15) is 6.29 Å². The number of nitrogens with one attached hydrogen (secondary N) is 2. The Labute approximate surface area is 342 Å². The molecule has 8 atom stereocenters. The van der Waals surface area contributed by atoms with Crippen molar-refractivity contribution in [3.05, 3.63) is 130 Å². The second-order valence-electron chi connectivity index (χ2n) is 17.3. The van der Waals surface area contributed by atoms with E-state index in [2.05, 4.69) is 97.8 Å². The highest BCUT2D eigenvalue weighted by Gasteiger charge is 2.65. The Bertz CT molecular complexity index is 1760. The van der Waals surface area contributed by atoms with Gasteiger partial charge in [-0.3, -0.25) is 4.79 Å². The maximum absolute atomic E-state index is 12.6. The average molecular weight is 779 g/mol. The van der Waals surface area contributed by atoms with Crippen molar-refractivity contribution < 1.29 is 25.2 Å². The van der Waals surface area contributed by atoms with E-state index in [1.54, 1.807) is 0 Å². The van der Waals surface area contributed by atoms with Gasteiger partial charge in [0.2, 0.25) is 0 Å². The predicted molar refractivity (Wildman–Crippen MR) is 233 cm³/mol. The molecule has 0 unspecified atom stereocenters. The molecule has 6 N–H and O–H groups in total. The lowest BCUT2D eigenvalue weighted by Crippen LogP contribution is -2.61. The van der Waals surface area contributed by atoms with E-state index in [1.807, 2.05) is 26.1 Å². The van der Waals surface area contributed by atoms with E-state index in [1.165, 1.54) is 22.3 Å². The van der Waals surface area contributed by atoms with Gasteiger partial charge < -0.3 is 31.1 Å². The molecule has 2 aromatic rings. The van der Waals surface area contributed by atoms with Crippen LogP contribution in [-0.4, -0.2) is 77.8 Å².